The molecular weight excluding hydrogens is 552 g/mol. The van der Waals surface area contributed by atoms with E-state index in [1.54, 1.807) is 21.5 Å². The zero-order chi connectivity index (χ0) is 30.0. The van der Waals surface area contributed by atoms with E-state index < -0.39 is 16.7 Å². The smallest absolute Gasteiger partial charge is 0.306 e. The van der Waals surface area contributed by atoms with Gasteiger partial charge in [0.1, 0.15) is 22.5 Å². The van der Waals surface area contributed by atoms with Crippen molar-refractivity contribution in [2.75, 3.05) is 24.5 Å². The zero-order valence-electron chi connectivity index (χ0n) is 24.5. The molecule has 0 saturated carbocycles. The van der Waals surface area contributed by atoms with Crippen LogP contribution in [-0.4, -0.2) is 63.2 Å². The average molecular weight is 590 g/mol. The standard InChI is InChI=1S/C30H38ClF2N5O3/c1-7-9-37(17(2)3)27-15-24(21-11-22(32)29(31)23(33)12-21)34-26-14-25(35-38(26)27)30(40)36-10-8-20(19(6)16-36)13-28(39)41-18(4)5/h11-12,14-15,17-20H,7-10,13,16H2,1-6H3/t19-,20-/m0/s1. The Balaban J connectivity index is 1.67. The van der Waals surface area contributed by atoms with Crippen molar-refractivity contribution in [1.82, 2.24) is 19.5 Å². The minimum atomic E-state index is -0.876. The topological polar surface area (TPSA) is 80.0 Å². The van der Waals surface area contributed by atoms with Gasteiger partial charge in [0.15, 0.2) is 11.3 Å². The molecule has 1 fully saturated rings. The minimum Gasteiger partial charge on any atom is -0.463 e. The second-order valence-corrected chi connectivity index (χ2v) is 11.7. The maximum atomic E-state index is 14.3. The Morgan fingerprint density at radius 3 is 2.41 bits per heavy atom. The normalized spacial score (nSPS) is 17.5. The number of esters is 1. The summed E-state index contributed by atoms with van der Waals surface area (Å²) in [6.45, 7) is 13.5. The van der Waals surface area contributed by atoms with Gasteiger partial charge in [-0.2, -0.15) is 9.61 Å². The van der Waals surface area contributed by atoms with Crippen molar-refractivity contribution in [3.05, 3.63) is 46.6 Å². The summed E-state index contributed by atoms with van der Waals surface area (Å²) in [5.41, 5.74) is 1.19. The third kappa shape index (κ3) is 6.80. The molecule has 41 heavy (non-hydrogen) atoms. The number of ether oxygens (including phenoxy) is 1. The number of benzene rings is 1. The average Bonchev–Trinajstić information content (AvgIpc) is 3.34. The molecule has 3 heterocycles. The Labute approximate surface area is 244 Å². The summed E-state index contributed by atoms with van der Waals surface area (Å²) >= 11 is 5.71. The fourth-order valence-corrected chi connectivity index (χ4v) is 5.48. The molecule has 1 amide bonds. The van der Waals surface area contributed by atoms with Crippen LogP contribution >= 0.6 is 11.6 Å². The van der Waals surface area contributed by atoms with Gasteiger partial charge < -0.3 is 14.5 Å². The Hall–Kier alpha value is -3.27. The predicted octanol–water partition coefficient (Wildman–Crippen LogP) is 6.39. The van der Waals surface area contributed by atoms with Gasteiger partial charge in [-0.3, -0.25) is 9.59 Å². The lowest BCUT2D eigenvalue weighted by atomic mass is 9.84. The maximum Gasteiger partial charge on any atom is 0.306 e. The number of carbonyl (C=O) groups excluding carboxylic acids is 2. The molecule has 2 atom stereocenters. The fraction of sp³-hybridized carbons (Fsp3) is 0.533. The summed E-state index contributed by atoms with van der Waals surface area (Å²) in [4.78, 5) is 34.3. The number of aromatic nitrogens is 3. The summed E-state index contributed by atoms with van der Waals surface area (Å²) < 4.78 is 35.6. The van der Waals surface area contributed by atoms with Gasteiger partial charge in [-0.05, 0) is 64.5 Å². The second kappa shape index (κ2) is 12.7. The van der Waals surface area contributed by atoms with Crippen LogP contribution in [0.5, 0.6) is 0 Å². The number of anilines is 1. The Kier molecular flexibility index (Phi) is 9.51. The molecule has 1 saturated heterocycles. The molecule has 1 aromatic carbocycles. The highest BCUT2D eigenvalue weighted by molar-refractivity contribution is 6.31. The van der Waals surface area contributed by atoms with Crippen LogP contribution in [0.1, 0.15) is 71.3 Å². The Bertz CT molecular complexity index is 1400. The van der Waals surface area contributed by atoms with E-state index in [0.717, 1.165) is 18.6 Å². The van der Waals surface area contributed by atoms with E-state index in [-0.39, 0.29) is 47.1 Å². The van der Waals surface area contributed by atoms with E-state index in [1.807, 2.05) is 34.6 Å². The van der Waals surface area contributed by atoms with Crippen LogP contribution in [0.2, 0.25) is 5.02 Å². The molecule has 3 aromatic rings. The first-order valence-corrected chi connectivity index (χ1v) is 14.6. The summed E-state index contributed by atoms with van der Waals surface area (Å²) in [5, 5.41) is 4.09. The third-order valence-corrected chi connectivity index (χ3v) is 7.82. The maximum absolute atomic E-state index is 14.3. The Morgan fingerprint density at radius 1 is 1.15 bits per heavy atom. The minimum absolute atomic E-state index is 0.0812. The van der Waals surface area contributed by atoms with Crippen molar-refractivity contribution in [2.45, 2.75) is 73.0 Å². The van der Waals surface area contributed by atoms with Crippen LogP contribution in [0, 0.1) is 23.5 Å². The van der Waals surface area contributed by atoms with Gasteiger partial charge in [-0.25, -0.2) is 13.8 Å². The number of rotatable bonds is 9. The summed E-state index contributed by atoms with van der Waals surface area (Å²) in [6, 6.07) is 5.73. The molecule has 2 aromatic heterocycles. The molecule has 1 aliphatic rings. The largest absolute Gasteiger partial charge is 0.463 e. The lowest BCUT2D eigenvalue weighted by Gasteiger charge is -2.36. The van der Waals surface area contributed by atoms with E-state index in [1.165, 1.54) is 0 Å². The molecular formula is C30H38ClF2N5O3. The van der Waals surface area contributed by atoms with Crippen molar-refractivity contribution in [3.8, 4) is 11.3 Å². The van der Waals surface area contributed by atoms with Crippen molar-refractivity contribution in [3.63, 3.8) is 0 Å². The predicted molar refractivity (Wildman–Crippen MR) is 155 cm³/mol. The lowest BCUT2D eigenvalue weighted by molar-refractivity contribution is -0.149. The number of amides is 1. The highest BCUT2D eigenvalue weighted by atomic mass is 35.5. The first-order valence-electron chi connectivity index (χ1n) is 14.2. The molecule has 0 bridgehead atoms. The van der Waals surface area contributed by atoms with Crippen molar-refractivity contribution >= 4 is 34.9 Å². The molecule has 0 aliphatic carbocycles. The number of hydrogen-bond donors (Lipinski definition) is 0. The van der Waals surface area contributed by atoms with Crippen LogP contribution in [0.4, 0.5) is 14.6 Å². The molecule has 0 unspecified atom stereocenters. The molecule has 4 rings (SSSR count). The van der Waals surface area contributed by atoms with E-state index >= 15 is 0 Å². The summed E-state index contributed by atoms with van der Waals surface area (Å²) in [7, 11) is 0. The fourth-order valence-electron chi connectivity index (χ4n) is 5.37. The number of piperidine rings is 1. The molecule has 11 heteroatoms. The lowest BCUT2D eigenvalue weighted by Crippen LogP contribution is -2.43. The second-order valence-electron chi connectivity index (χ2n) is 11.4. The monoisotopic (exact) mass is 589 g/mol. The molecule has 222 valence electrons. The number of likely N-dealkylation sites (tertiary alicyclic amines) is 1. The first-order chi connectivity index (χ1) is 19.4. The van der Waals surface area contributed by atoms with Crippen LogP contribution in [0.15, 0.2) is 24.3 Å². The molecule has 0 spiro atoms. The molecule has 0 N–H and O–H groups in total. The van der Waals surface area contributed by atoms with Gasteiger partial charge in [0.2, 0.25) is 0 Å². The van der Waals surface area contributed by atoms with Crippen molar-refractivity contribution < 1.29 is 23.1 Å². The quantitative estimate of drug-likeness (QED) is 0.212. The van der Waals surface area contributed by atoms with E-state index in [9.17, 15) is 18.4 Å². The number of fused-ring (bicyclic) bond motifs is 1. The highest BCUT2D eigenvalue weighted by Crippen LogP contribution is 2.31. The van der Waals surface area contributed by atoms with Gasteiger partial charge in [0.25, 0.3) is 5.91 Å². The van der Waals surface area contributed by atoms with E-state index in [0.29, 0.717) is 49.6 Å². The molecule has 1 aliphatic heterocycles. The first kappa shape index (κ1) is 30.7. The number of carbonyl (C=O) groups is 2. The van der Waals surface area contributed by atoms with Crippen molar-refractivity contribution in [2.24, 2.45) is 11.8 Å². The highest BCUT2D eigenvalue weighted by Gasteiger charge is 2.32. The number of halogens is 3. The summed E-state index contributed by atoms with van der Waals surface area (Å²) in [5.74, 6) is -1.29. The van der Waals surface area contributed by atoms with Crippen molar-refractivity contribution in [1.29, 1.82) is 0 Å². The number of hydrogen-bond acceptors (Lipinski definition) is 6. The van der Waals surface area contributed by atoms with Gasteiger partial charge in [-0.15, -0.1) is 0 Å². The van der Waals surface area contributed by atoms with Gasteiger partial charge in [0, 0.05) is 49.8 Å². The van der Waals surface area contributed by atoms with Gasteiger partial charge in [-0.1, -0.05) is 25.4 Å². The molecule has 8 nitrogen and oxygen atoms in total. The van der Waals surface area contributed by atoms with Crippen LogP contribution < -0.4 is 4.90 Å². The van der Waals surface area contributed by atoms with E-state index in [2.05, 4.69) is 21.9 Å². The van der Waals surface area contributed by atoms with Crippen LogP contribution in [0.25, 0.3) is 16.9 Å². The van der Waals surface area contributed by atoms with E-state index in [4.69, 9.17) is 16.3 Å². The van der Waals surface area contributed by atoms with Crippen LogP contribution in [0.3, 0.4) is 0 Å². The third-order valence-electron chi connectivity index (χ3n) is 7.46. The van der Waals surface area contributed by atoms with Crippen LogP contribution in [-0.2, 0) is 9.53 Å². The Morgan fingerprint density at radius 2 is 1.83 bits per heavy atom. The summed E-state index contributed by atoms with van der Waals surface area (Å²) in [6.07, 6.45) is 1.72. The zero-order valence-corrected chi connectivity index (χ0v) is 25.2. The van der Waals surface area contributed by atoms with Gasteiger partial charge >= 0.3 is 5.97 Å². The number of nitrogens with zero attached hydrogens (tertiary/aromatic N) is 5. The van der Waals surface area contributed by atoms with Gasteiger partial charge in [0.05, 0.1) is 11.8 Å². The SMILES string of the molecule is CCCN(c1cc(-c2cc(F)c(Cl)c(F)c2)nc2cc(C(=O)N3CC[C@@H](CC(=O)OC(C)C)[C@@H](C)C3)nn12)C(C)C. The molecule has 0 radical (unpaired) electrons.